The Kier molecular flexibility index (Phi) is 17.2. The molecule has 0 aromatic heterocycles. The van der Waals surface area contributed by atoms with Gasteiger partial charge in [-0.25, -0.2) is 0 Å². The lowest BCUT2D eigenvalue weighted by Crippen LogP contribution is -2.07. The first kappa shape index (κ1) is 16.4. The molecule has 0 fully saturated rings. The van der Waals surface area contributed by atoms with Crippen molar-refractivity contribution in [1.82, 2.24) is 0 Å². The summed E-state index contributed by atoms with van der Waals surface area (Å²) in [4.78, 5) is 0. The molecule has 0 spiro atoms. The number of nitrogens with two attached hydrogens (primary N) is 2. The minimum absolute atomic E-state index is 0. The highest BCUT2D eigenvalue weighted by atomic mass is 16.4. The molecule has 0 aliphatic rings. The lowest BCUT2D eigenvalue weighted by molar-refractivity contribution is 0.318. The average Bonchev–Trinajstić information content (AvgIpc) is 1.89. The highest BCUT2D eigenvalue weighted by Gasteiger charge is 1.65. The van der Waals surface area contributed by atoms with Gasteiger partial charge in [0.2, 0.25) is 0 Å². The molecule has 5 N–H and O–H groups in total. The summed E-state index contributed by atoms with van der Waals surface area (Å²) in [5.74, 6) is 5.04. The fraction of sp³-hybridized carbons (Fsp3) is 0.667. The third kappa shape index (κ3) is 52.9. The smallest absolute Gasteiger partial charge is 0.116 e. The number of oxime groups is 1. The van der Waals surface area contributed by atoms with Crippen molar-refractivity contribution in [3.05, 3.63) is 0 Å². The van der Waals surface area contributed by atoms with Crippen molar-refractivity contribution in [2.45, 2.75) is 28.2 Å². The van der Waals surface area contributed by atoms with Gasteiger partial charge in [0.25, 0.3) is 0 Å². The maximum absolute atomic E-state index is 7.73. The van der Waals surface area contributed by atoms with Crippen molar-refractivity contribution in [2.75, 3.05) is 0 Å². The zero-order chi connectivity index (χ0) is 8.57. The van der Waals surface area contributed by atoms with E-state index in [0.29, 0.717) is 11.5 Å². The molecule has 5 heteroatoms. The van der Waals surface area contributed by atoms with Crippen LogP contribution in [0.2, 0.25) is 0 Å². The van der Waals surface area contributed by atoms with Crippen LogP contribution < -0.4 is 11.6 Å². The SMILES string of the molecule is C.CC(C)=NO.CC(N)=NN. The number of amidine groups is 1. The summed E-state index contributed by atoms with van der Waals surface area (Å²) in [6, 6.07) is 0. The number of nitrogens with zero attached hydrogens (tertiary/aromatic N) is 2. The Labute approximate surface area is 67.8 Å². The normalized spacial score (nSPS) is 8.45. The molecule has 0 amide bonds. The first-order chi connectivity index (χ1) is 4.54. The summed E-state index contributed by atoms with van der Waals surface area (Å²) >= 11 is 0. The van der Waals surface area contributed by atoms with Gasteiger partial charge >= 0.3 is 0 Å². The number of hydrogen-bond acceptors (Lipinski definition) is 4. The highest BCUT2D eigenvalue weighted by Crippen LogP contribution is 1.62. The van der Waals surface area contributed by atoms with Crippen LogP contribution in [-0.4, -0.2) is 16.8 Å². The van der Waals surface area contributed by atoms with Gasteiger partial charge in [-0.3, -0.25) is 0 Å². The van der Waals surface area contributed by atoms with Crippen LogP contribution in [0.5, 0.6) is 0 Å². The predicted molar refractivity (Wildman–Crippen MR) is 48.8 cm³/mol. The zero-order valence-corrected chi connectivity index (χ0v) is 6.50. The van der Waals surface area contributed by atoms with Gasteiger partial charge in [-0.2, -0.15) is 5.10 Å². The minimum atomic E-state index is 0. The van der Waals surface area contributed by atoms with E-state index in [0.717, 1.165) is 0 Å². The van der Waals surface area contributed by atoms with Crippen molar-refractivity contribution in [3.63, 3.8) is 0 Å². The fourth-order valence-corrected chi connectivity index (χ4v) is 0. The molecule has 0 atom stereocenters. The third-order valence-corrected chi connectivity index (χ3v) is 0.404. The molecule has 5 nitrogen and oxygen atoms in total. The summed E-state index contributed by atoms with van der Waals surface area (Å²) in [6.45, 7) is 5.07. The Balaban J connectivity index is -0.000000107. The van der Waals surface area contributed by atoms with Crippen molar-refractivity contribution in [3.8, 4) is 0 Å². The van der Waals surface area contributed by atoms with Gasteiger partial charge in [0.15, 0.2) is 0 Å². The van der Waals surface area contributed by atoms with Crippen LogP contribution in [-0.2, 0) is 0 Å². The molecule has 0 aromatic rings. The Morgan fingerprint density at radius 3 is 1.45 bits per heavy atom. The molecule has 0 saturated heterocycles. The van der Waals surface area contributed by atoms with Crippen molar-refractivity contribution < 1.29 is 5.21 Å². The highest BCUT2D eigenvalue weighted by molar-refractivity contribution is 5.78. The van der Waals surface area contributed by atoms with E-state index < -0.39 is 0 Å². The standard InChI is InChI=1S/C3H7NO.C2H7N3.CH4/c1-3(2)4-5;1-2(3)5-4;/h5H,1-2H3;4H2,1H3,(H2,3,5);1H4. The minimum Gasteiger partial charge on any atom is -0.411 e. The van der Waals surface area contributed by atoms with E-state index in [1.165, 1.54) is 0 Å². The van der Waals surface area contributed by atoms with Crippen molar-refractivity contribution in [1.29, 1.82) is 0 Å². The lowest BCUT2D eigenvalue weighted by Gasteiger charge is -1.75. The molecular weight excluding hydrogens is 144 g/mol. The van der Waals surface area contributed by atoms with E-state index in [-0.39, 0.29) is 7.43 Å². The van der Waals surface area contributed by atoms with Gasteiger partial charge in [-0.15, -0.1) is 0 Å². The van der Waals surface area contributed by atoms with Crippen LogP contribution in [0.1, 0.15) is 28.2 Å². The van der Waals surface area contributed by atoms with Gasteiger partial charge in [0, 0.05) is 0 Å². The second-order valence-electron chi connectivity index (χ2n) is 1.82. The first-order valence-electron chi connectivity index (χ1n) is 2.69. The summed E-state index contributed by atoms with van der Waals surface area (Å²) in [5, 5.41) is 13.6. The van der Waals surface area contributed by atoms with Gasteiger partial charge in [-0.05, 0) is 20.8 Å². The molecule has 0 radical (unpaired) electrons. The monoisotopic (exact) mass is 162 g/mol. The molecule has 0 unspecified atom stereocenters. The van der Waals surface area contributed by atoms with E-state index >= 15 is 0 Å². The molecule has 11 heavy (non-hydrogen) atoms. The molecule has 0 saturated carbocycles. The lowest BCUT2D eigenvalue weighted by atomic mass is 10.5. The van der Waals surface area contributed by atoms with Crippen LogP contribution in [0, 0.1) is 0 Å². The topological polar surface area (TPSA) is 97.0 Å². The van der Waals surface area contributed by atoms with Gasteiger partial charge in [-0.1, -0.05) is 12.6 Å². The van der Waals surface area contributed by atoms with E-state index in [1.807, 2.05) is 0 Å². The van der Waals surface area contributed by atoms with Crippen LogP contribution >= 0.6 is 0 Å². The number of rotatable bonds is 0. The molecule has 0 aliphatic carbocycles. The number of hydrazone groups is 1. The van der Waals surface area contributed by atoms with E-state index in [1.54, 1.807) is 20.8 Å². The van der Waals surface area contributed by atoms with E-state index in [2.05, 4.69) is 16.1 Å². The molecular formula is C6H18N4O. The van der Waals surface area contributed by atoms with E-state index in [9.17, 15) is 0 Å². The quantitative estimate of drug-likeness (QED) is 0.161. The first-order valence-corrected chi connectivity index (χ1v) is 2.69. The van der Waals surface area contributed by atoms with Crippen LogP contribution in [0.25, 0.3) is 0 Å². The van der Waals surface area contributed by atoms with E-state index in [4.69, 9.17) is 10.9 Å². The molecule has 0 aliphatic heterocycles. The Hall–Kier alpha value is -1.26. The van der Waals surface area contributed by atoms with Crippen LogP contribution in [0.3, 0.4) is 0 Å². The second-order valence-corrected chi connectivity index (χ2v) is 1.82. The Morgan fingerprint density at radius 2 is 1.45 bits per heavy atom. The molecule has 68 valence electrons. The fourth-order valence-electron chi connectivity index (χ4n) is 0. The van der Waals surface area contributed by atoms with Crippen molar-refractivity contribution >= 4 is 11.5 Å². The summed E-state index contributed by atoms with van der Waals surface area (Å²) < 4.78 is 0. The predicted octanol–water partition coefficient (Wildman–Crippen LogP) is 0.730. The second kappa shape index (κ2) is 11.5. The summed E-state index contributed by atoms with van der Waals surface area (Å²) in [7, 11) is 0. The zero-order valence-electron chi connectivity index (χ0n) is 6.50. The van der Waals surface area contributed by atoms with Crippen LogP contribution in [0.15, 0.2) is 10.3 Å². The van der Waals surface area contributed by atoms with Gasteiger partial charge in [0.05, 0.1) is 5.71 Å². The molecule has 0 rings (SSSR count). The Morgan fingerprint density at radius 1 is 1.27 bits per heavy atom. The third-order valence-electron chi connectivity index (χ3n) is 0.404. The van der Waals surface area contributed by atoms with Gasteiger partial charge in [0.1, 0.15) is 5.84 Å². The summed E-state index contributed by atoms with van der Waals surface area (Å²) in [5.41, 5.74) is 5.60. The largest absolute Gasteiger partial charge is 0.411 e. The number of hydrogen-bond donors (Lipinski definition) is 3. The average molecular weight is 162 g/mol. The van der Waals surface area contributed by atoms with Crippen molar-refractivity contribution in [2.24, 2.45) is 21.8 Å². The van der Waals surface area contributed by atoms with Crippen LogP contribution in [0.4, 0.5) is 0 Å². The molecule has 0 heterocycles. The maximum Gasteiger partial charge on any atom is 0.116 e. The molecule has 0 aromatic carbocycles. The maximum atomic E-state index is 7.73. The Bertz CT molecular complexity index is 107. The van der Waals surface area contributed by atoms with Gasteiger partial charge < -0.3 is 16.8 Å². The summed E-state index contributed by atoms with van der Waals surface area (Å²) in [6.07, 6.45) is 0. The molecule has 0 bridgehead atoms.